The maximum atomic E-state index is 13.8. The third-order valence-electron chi connectivity index (χ3n) is 11.7. The third-order valence-corrected chi connectivity index (χ3v) is 11.7. The summed E-state index contributed by atoms with van der Waals surface area (Å²) < 4.78 is 4.03. The predicted molar refractivity (Wildman–Crippen MR) is 255 cm³/mol. The quantitative estimate of drug-likeness (QED) is 0.0245. The van der Waals surface area contributed by atoms with E-state index in [2.05, 4.69) is 39.5 Å². The van der Waals surface area contributed by atoms with Gasteiger partial charge in [-0.1, -0.05) is 84.9 Å². The molecule has 1 atom stereocenters. The summed E-state index contributed by atoms with van der Waals surface area (Å²) in [6.45, 7) is 1.09. The van der Waals surface area contributed by atoms with Crippen LogP contribution in [0.1, 0.15) is 61.3 Å². The smallest absolute Gasteiger partial charge is 0.255 e. The lowest BCUT2D eigenvalue weighted by Crippen LogP contribution is -2.29. The Labute approximate surface area is 370 Å². The number of anilines is 3. The van der Waals surface area contributed by atoms with Gasteiger partial charge in [0.2, 0.25) is 11.0 Å². The van der Waals surface area contributed by atoms with E-state index < -0.39 is 6.23 Å². The highest BCUT2D eigenvalue weighted by molar-refractivity contribution is 6.15. The molecule has 0 bridgehead atoms. The number of para-hydroxylation sites is 2. The average Bonchev–Trinajstić information content (AvgIpc) is 3.32. The lowest BCUT2D eigenvalue weighted by Gasteiger charge is -2.19. The van der Waals surface area contributed by atoms with E-state index in [-0.39, 0.29) is 17.6 Å². The van der Waals surface area contributed by atoms with Gasteiger partial charge in [-0.25, -0.2) is 0 Å². The fourth-order valence-electron chi connectivity index (χ4n) is 8.36. The van der Waals surface area contributed by atoms with Gasteiger partial charge in [0.15, 0.2) is 24.4 Å². The molecule has 1 unspecified atom stereocenters. The van der Waals surface area contributed by atoms with Crippen LogP contribution in [-0.2, 0) is 14.1 Å². The highest BCUT2D eigenvalue weighted by Crippen LogP contribution is 2.35. The van der Waals surface area contributed by atoms with E-state index in [0.29, 0.717) is 46.6 Å². The first-order chi connectivity index (χ1) is 31.2. The van der Waals surface area contributed by atoms with E-state index in [9.17, 15) is 19.5 Å². The number of hydrogen-bond acceptors (Lipinski definition) is 6. The first kappa shape index (κ1) is 41.4. The molecule has 0 aliphatic heterocycles. The molecule has 0 spiro atoms. The number of aryl methyl sites for hydroxylation is 2. The number of ketones is 1. The average molecular weight is 845 g/mol. The van der Waals surface area contributed by atoms with E-state index in [4.69, 9.17) is 0 Å². The monoisotopic (exact) mass is 844 g/mol. The summed E-state index contributed by atoms with van der Waals surface area (Å²) >= 11 is 0. The van der Waals surface area contributed by atoms with Crippen molar-refractivity contribution < 1.29 is 28.6 Å². The van der Waals surface area contributed by atoms with Crippen molar-refractivity contribution >= 4 is 78.0 Å². The molecule has 2 aromatic heterocycles. The fourth-order valence-corrected chi connectivity index (χ4v) is 8.36. The molecule has 2 amide bonds. The second-order valence-corrected chi connectivity index (χ2v) is 16.1. The molecule has 0 aliphatic carbocycles. The van der Waals surface area contributed by atoms with Crippen LogP contribution in [0.5, 0.6) is 0 Å². The van der Waals surface area contributed by atoms with Crippen LogP contribution in [0.2, 0.25) is 0 Å². The van der Waals surface area contributed by atoms with Gasteiger partial charge in [-0.15, -0.1) is 0 Å². The van der Waals surface area contributed by atoms with E-state index in [1.165, 1.54) is 0 Å². The van der Waals surface area contributed by atoms with Crippen LogP contribution in [0.15, 0.2) is 170 Å². The van der Waals surface area contributed by atoms with Gasteiger partial charge < -0.3 is 26.4 Å². The summed E-state index contributed by atoms with van der Waals surface area (Å²) in [6, 6.07) is 49.8. The zero-order valence-electron chi connectivity index (χ0n) is 35.6. The van der Waals surface area contributed by atoms with Gasteiger partial charge in [0.05, 0.1) is 0 Å². The first-order valence-electron chi connectivity index (χ1n) is 21.4. The molecule has 0 saturated heterocycles. The van der Waals surface area contributed by atoms with E-state index >= 15 is 0 Å². The van der Waals surface area contributed by atoms with E-state index in [1.807, 2.05) is 139 Å². The number of nitrogens with one attached hydrogen (secondary N) is 4. The van der Waals surface area contributed by atoms with Crippen LogP contribution in [-0.4, -0.2) is 35.8 Å². The largest absolute Gasteiger partial charge is 0.385 e. The maximum Gasteiger partial charge on any atom is 0.255 e. The van der Waals surface area contributed by atoms with Crippen LogP contribution in [0.3, 0.4) is 0 Å². The topological polar surface area (TPSA) is 127 Å². The molecule has 0 aliphatic rings. The number of unbranched alkanes of at least 4 members (excludes halogenated alkanes) is 1. The number of rotatable bonds is 14. The molecule has 316 valence electrons. The minimum atomic E-state index is -1.05. The molecule has 10 heteroatoms. The highest BCUT2D eigenvalue weighted by atomic mass is 16.3. The molecule has 2 heterocycles. The maximum absolute atomic E-state index is 13.8. The third kappa shape index (κ3) is 8.86. The first-order valence-corrected chi connectivity index (χ1v) is 21.4. The Balaban J connectivity index is 0.936. The SMILES string of the molecule is C[n+]1cc(NC(=O)c2ccc3ccc4c(NCCCCNC(=O)c5ccc(C(=O)c6ccccc6)cc5)cc(C(O)Nc5cc6ccccc6[n+](C)c5)cc4c3c2)cc2ccccc21. The van der Waals surface area contributed by atoms with Crippen molar-refractivity contribution in [3.63, 3.8) is 0 Å². The lowest BCUT2D eigenvalue weighted by molar-refractivity contribution is -0.644. The number of fused-ring (bicyclic) bond motifs is 5. The van der Waals surface area contributed by atoms with Gasteiger partial charge in [0, 0.05) is 74.9 Å². The number of aromatic nitrogens is 2. The summed E-state index contributed by atoms with van der Waals surface area (Å²) in [4.78, 5) is 39.6. The normalized spacial score (nSPS) is 11.7. The van der Waals surface area contributed by atoms with Crippen LogP contribution >= 0.6 is 0 Å². The summed E-state index contributed by atoms with van der Waals surface area (Å²) in [5, 5.41) is 30.6. The number of hydrogen-bond donors (Lipinski definition) is 5. The lowest BCUT2D eigenvalue weighted by atomic mass is 9.96. The fraction of sp³-hybridized carbons (Fsp3) is 0.130. The Morgan fingerprint density at radius 1 is 0.531 bits per heavy atom. The number of aliphatic hydroxyl groups is 1. The Morgan fingerprint density at radius 2 is 1.12 bits per heavy atom. The molecule has 5 N–H and O–H groups in total. The van der Waals surface area contributed by atoms with Crippen molar-refractivity contribution in [3.05, 3.63) is 198 Å². The summed E-state index contributed by atoms with van der Waals surface area (Å²) in [5.74, 6) is -0.509. The van der Waals surface area contributed by atoms with Gasteiger partial charge in [0.25, 0.3) is 11.8 Å². The number of benzene rings is 7. The number of amides is 2. The summed E-state index contributed by atoms with van der Waals surface area (Å²) in [5.41, 5.74) is 7.22. The van der Waals surface area contributed by atoms with E-state index in [1.54, 1.807) is 36.4 Å². The Kier molecular flexibility index (Phi) is 11.8. The van der Waals surface area contributed by atoms with Crippen molar-refractivity contribution in [2.75, 3.05) is 29.0 Å². The van der Waals surface area contributed by atoms with E-state index in [0.717, 1.165) is 67.6 Å². The molecule has 9 aromatic rings. The van der Waals surface area contributed by atoms with Crippen molar-refractivity contribution in [2.45, 2.75) is 19.1 Å². The van der Waals surface area contributed by atoms with Crippen LogP contribution in [0, 0.1) is 0 Å². The molecular weight excluding hydrogens is 797 g/mol. The summed E-state index contributed by atoms with van der Waals surface area (Å²) in [6.07, 6.45) is 4.30. The number of pyridine rings is 2. The molecule has 0 saturated carbocycles. The molecule has 9 rings (SSSR count). The Morgan fingerprint density at radius 3 is 1.86 bits per heavy atom. The molecule has 10 nitrogen and oxygen atoms in total. The van der Waals surface area contributed by atoms with Gasteiger partial charge in [0.1, 0.15) is 25.5 Å². The second-order valence-electron chi connectivity index (χ2n) is 16.1. The van der Waals surface area contributed by atoms with Gasteiger partial charge in [-0.05, 0) is 89.7 Å². The highest BCUT2D eigenvalue weighted by Gasteiger charge is 2.18. The number of carbonyl (C=O) groups is 3. The van der Waals surface area contributed by atoms with Crippen LogP contribution in [0.25, 0.3) is 43.4 Å². The Bertz CT molecular complexity index is 3230. The minimum Gasteiger partial charge on any atom is -0.385 e. The van der Waals surface area contributed by atoms with Crippen molar-refractivity contribution in [1.29, 1.82) is 0 Å². The van der Waals surface area contributed by atoms with Crippen molar-refractivity contribution in [2.24, 2.45) is 14.1 Å². The molecule has 64 heavy (non-hydrogen) atoms. The molecule has 7 aromatic carbocycles. The van der Waals surface area contributed by atoms with Crippen LogP contribution in [0.4, 0.5) is 17.1 Å². The predicted octanol–water partition coefficient (Wildman–Crippen LogP) is 9.16. The zero-order valence-corrected chi connectivity index (χ0v) is 35.6. The second kappa shape index (κ2) is 18.2. The van der Waals surface area contributed by atoms with Gasteiger partial charge in [-0.3, -0.25) is 14.4 Å². The summed E-state index contributed by atoms with van der Waals surface area (Å²) in [7, 11) is 3.95. The molecule has 0 radical (unpaired) electrons. The molecular formula is C54H48N6O4+2. The minimum absolute atomic E-state index is 0.0872. The zero-order chi connectivity index (χ0) is 44.2. The van der Waals surface area contributed by atoms with Gasteiger partial charge >= 0.3 is 0 Å². The standard InChI is InChI=1S/C54H46N6O4/c1-59-33-43(28-39-14-6-8-16-49(39)59)57-53(63)41-23-18-35-24-25-45-47(46(35)30-41)31-42(54(64)58-44-29-40-15-7-9-17-50(40)60(2)34-44)32-48(45)55-26-10-11-27-56-52(62)38-21-19-37(20-22-38)51(61)36-12-4-3-5-13-36/h3-9,12-25,28-34,54,58,64H,10-11,26-27H2,1-2H3,(H-2,55,56,57,62,63)/p+2. The van der Waals surface area contributed by atoms with Crippen molar-refractivity contribution in [3.8, 4) is 0 Å². The Hall–Kier alpha value is -7.95. The number of nitrogens with zero attached hydrogens (tertiary/aromatic N) is 2. The number of carbonyl (C=O) groups excluding carboxylic acids is 3. The number of aliphatic hydroxyl groups excluding tert-OH is 1. The van der Waals surface area contributed by atoms with Crippen LogP contribution < -0.4 is 30.4 Å². The molecule has 0 fully saturated rings. The van der Waals surface area contributed by atoms with Gasteiger partial charge in [-0.2, -0.15) is 9.13 Å². The van der Waals surface area contributed by atoms with Crippen molar-refractivity contribution in [1.82, 2.24) is 5.32 Å².